The summed E-state index contributed by atoms with van der Waals surface area (Å²) in [7, 11) is 0. The summed E-state index contributed by atoms with van der Waals surface area (Å²) in [6.07, 6.45) is 11.3. The maximum atomic E-state index is 10.4. The highest BCUT2D eigenvalue weighted by molar-refractivity contribution is 5.84. The van der Waals surface area contributed by atoms with E-state index in [0.717, 1.165) is 57.1 Å². The molecule has 1 aromatic heterocycles. The molecule has 27 heavy (non-hydrogen) atoms. The monoisotopic (exact) mass is 357 g/mol. The summed E-state index contributed by atoms with van der Waals surface area (Å²) >= 11 is 0. The zero-order valence-electron chi connectivity index (χ0n) is 15.9. The molecular formula is C24H27N3. The first-order chi connectivity index (χ1) is 13.3. The normalized spacial score (nSPS) is 31.1. The van der Waals surface area contributed by atoms with E-state index in [1.807, 2.05) is 6.20 Å². The number of nitriles is 2. The summed E-state index contributed by atoms with van der Waals surface area (Å²) in [4.78, 5) is 4.71. The van der Waals surface area contributed by atoms with Gasteiger partial charge in [0.15, 0.2) is 0 Å². The van der Waals surface area contributed by atoms with Crippen molar-refractivity contribution in [3.63, 3.8) is 0 Å². The molecule has 3 nitrogen and oxygen atoms in total. The zero-order valence-corrected chi connectivity index (χ0v) is 15.9. The van der Waals surface area contributed by atoms with Crippen LogP contribution in [0.4, 0.5) is 0 Å². The fourth-order valence-electron chi connectivity index (χ4n) is 5.75. The Morgan fingerprint density at radius 2 is 1.81 bits per heavy atom. The third-order valence-corrected chi connectivity index (χ3v) is 7.12. The number of rotatable bonds is 3. The summed E-state index contributed by atoms with van der Waals surface area (Å²) in [5.41, 5.74) is 0.751. The summed E-state index contributed by atoms with van der Waals surface area (Å²) in [5.74, 6) is 0.564. The van der Waals surface area contributed by atoms with Crippen LogP contribution in [0.2, 0.25) is 0 Å². The lowest BCUT2D eigenvalue weighted by Crippen LogP contribution is -2.44. The molecule has 0 unspecified atom stereocenters. The lowest BCUT2D eigenvalue weighted by Gasteiger charge is -2.47. The number of fused-ring (bicyclic) bond motifs is 1. The first-order valence-electron chi connectivity index (χ1n) is 10.4. The minimum Gasteiger partial charge on any atom is -0.261 e. The van der Waals surface area contributed by atoms with Crippen LogP contribution >= 0.6 is 0 Å². The molecule has 138 valence electrons. The first kappa shape index (κ1) is 18.0. The molecule has 3 heteroatoms. The van der Waals surface area contributed by atoms with Gasteiger partial charge in [-0.2, -0.15) is 10.5 Å². The van der Waals surface area contributed by atoms with Crippen molar-refractivity contribution in [3.8, 4) is 12.1 Å². The van der Waals surface area contributed by atoms with Gasteiger partial charge in [-0.05, 0) is 55.4 Å². The van der Waals surface area contributed by atoms with Gasteiger partial charge in [-0.15, -0.1) is 0 Å². The smallest absolute Gasteiger partial charge is 0.0696 e. The highest BCUT2D eigenvalue weighted by atomic mass is 14.7. The quantitative estimate of drug-likeness (QED) is 0.696. The van der Waals surface area contributed by atoms with Gasteiger partial charge in [0.2, 0.25) is 0 Å². The van der Waals surface area contributed by atoms with Crippen molar-refractivity contribution in [1.29, 1.82) is 10.5 Å². The molecule has 2 aromatic rings. The number of nitrogens with zero attached hydrogens (tertiary/aromatic N) is 3. The molecule has 1 heterocycles. The van der Waals surface area contributed by atoms with E-state index < -0.39 is 0 Å². The molecule has 0 aliphatic heterocycles. The SMILES string of the molecule is N#C[C@H]1CCCC[C@H]1[C@@]1(C#N)CCCC[C@H]1Cc1nccc2ccccc12. The fraction of sp³-hybridized carbons (Fsp3) is 0.542. The molecule has 0 radical (unpaired) electrons. The third-order valence-electron chi connectivity index (χ3n) is 7.12. The van der Waals surface area contributed by atoms with E-state index in [9.17, 15) is 10.5 Å². The van der Waals surface area contributed by atoms with Crippen LogP contribution < -0.4 is 0 Å². The van der Waals surface area contributed by atoms with Crippen molar-refractivity contribution in [1.82, 2.24) is 4.98 Å². The molecule has 2 aliphatic carbocycles. The number of benzene rings is 1. The lowest BCUT2D eigenvalue weighted by atomic mass is 9.54. The van der Waals surface area contributed by atoms with Crippen molar-refractivity contribution in [2.24, 2.45) is 23.2 Å². The molecule has 0 amide bonds. The summed E-state index contributed by atoms with van der Waals surface area (Å²) in [6, 6.07) is 15.8. The van der Waals surface area contributed by atoms with Crippen LogP contribution in [0.25, 0.3) is 10.8 Å². The third kappa shape index (κ3) is 3.21. The van der Waals surface area contributed by atoms with Crippen molar-refractivity contribution in [2.45, 2.75) is 57.8 Å². The topological polar surface area (TPSA) is 60.5 Å². The summed E-state index contributed by atoms with van der Waals surface area (Å²) < 4.78 is 0. The average molecular weight is 358 g/mol. The minimum absolute atomic E-state index is 0.0412. The van der Waals surface area contributed by atoms with Crippen LogP contribution in [0.3, 0.4) is 0 Å². The molecule has 2 aliphatic rings. The van der Waals surface area contributed by atoms with Crippen molar-refractivity contribution < 1.29 is 0 Å². The van der Waals surface area contributed by atoms with Crippen molar-refractivity contribution in [3.05, 3.63) is 42.2 Å². The van der Waals surface area contributed by atoms with Crippen LogP contribution in [0.1, 0.15) is 57.1 Å². The predicted molar refractivity (Wildman–Crippen MR) is 107 cm³/mol. The van der Waals surface area contributed by atoms with Gasteiger partial charge in [-0.3, -0.25) is 4.98 Å². The van der Waals surface area contributed by atoms with E-state index in [1.54, 1.807) is 0 Å². The van der Waals surface area contributed by atoms with Crippen molar-refractivity contribution >= 4 is 10.8 Å². The number of pyridine rings is 1. The Morgan fingerprint density at radius 1 is 1.00 bits per heavy atom. The number of hydrogen-bond acceptors (Lipinski definition) is 3. The highest BCUT2D eigenvalue weighted by Crippen LogP contribution is 2.54. The van der Waals surface area contributed by atoms with Gasteiger partial charge in [0.25, 0.3) is 0 Å². The van der Waals surface area contributed by atoms with Crippen LogP contribution in [0, 0.1) is 45.8 Å². The molecule has 0 saturated heterocycles. The minimum atomic E-state index is -0.363. The zero-order chi connectivity index (χ0) is 18.7. The maximum Gasteiger partial charge on any atom is 0.0696 e. The molecule has 0 bridgehead atoms. The molecule has 4 rings (SSSR count). The fourth-order valence-corrected chi connectivity index (χ4v) is 5.75. The van der Waals surface area contributed by atoms with E-state index in [4.69, 9.17) is 4.98 Å². The van der Waals surface area contributed by atoms with Crippen LogP contribution in [0.15, 0.2) is 36.5 Å². The van der Waals surface area contributed by atoms with Gasteiger partial charge in [0.05, 0.1) is 23.5 Å². The summed E-state index contributed by atoms with van der Waals surface area (Å²) in [5, 5.41) is 22.6. The second-order valence-electron chi connectivity index (χ2n) is 8.40. The second kappa shape index (κ2) is 7.69. The lowest BCUT2D eigenvalue weighted by molar-refractivity contribution is 0.0381. The van der Waals surface area contributed by atoms with Crippen molar-refractivity contribution in [2.75, 3.05) is 0 Å². The van der Waals surface area contributed by atoms with E-state index in [1.165, 1.54) is 17.2 Å². The maximum absolute atomic E-state index is 10.4. The predicted octanol–water partition coefficient (Wildman–Crippen LogP) is 5.81. The van der Waals surface area contributed by atoms with E-state index in [2.05, 4.69) is 42.5 Å². The molecule has 1 aromatic carbocycles. The average Bonchev–Trinajstić information content (AvgIpc) is 2.74. The Morgan fingerprint density at radius 3 is 2.67 bits per heavy atom. The second-order valence-corrected chi connectivity index (χ2v) is 8.40. The molecule has 2 fully saturated rings. The van der Waals surface area contributed by atoms with Gasteiger partial charge in [-0.1, -0.05) is 49.9 Å². The van der Waals surface area contributed by atoms with E-state index in [-0.39, 0.29) is 17.3 Å². The standard InChI is InChI=1S/C24H27N3/c25-16-19-8-2-4-11-22(19)24(17-26)13-6-5-9-20(24)15-23-21-10-3-1-7-18(21)12-14-27-23/h1,3,7,10,12,14,19-20,22H,2,4-6,8-9,11,13,15H2/t19-,20+,22-,24-/m1/s1. The molecule has 0 N–H and O–H groups in total. The van der Waals surface area contributed by atoms with Crippen LogP contribution in [0.5, 0.6) is 0 Å². The Hall–Kier alpha value is -2.39. The van der Waals surface area contributed by atoms with Gasteiger partial charge in [0, 0.05) is 17.3 Å². The van der Waals surface area contributed by atoms with Gasteiger partial charge < -0.3 is 0 Å². The Kier molecular flexibility index (Phi) is 5.13. The van der Waals surface area contributed by atoms with Crippen LogP contribution in [-0.4, -0.2) is 4.98 Å². The number of aromatic nitrogens is 1. The first-order valence-corrected chi connectivity index (χ1v) is 10.4. The Labute approximate surface area is 162 Å². The Balaban J connectivity index is 1.71. The van der Waals surface area contributed by atoms with E-state index >= 15 is 0 Å². The number of hydrogen-bond donors (Lipinski definition) is 0. The Bertz CT molecular complexity index is 885. The van der Waals surface area contributed by atoms with E-state index in [0.29, 0.717) is 5.92 Å². The summed E-state index contributed by atoms with van der Waals surface area (Å²) in [6.45, 7) is 0. The molecule has 4 atom stereocenters. The molecule has 0 spiro atoms. The van der Waals surface area contributed by atoms with Gasteiger partial charge >= 0.3 is 0 Å². The van der Waals surface area contributed by atoms with Crippen LogP contribution in [-0.2, 0) is 6.42 Å². The highest BCUT2D eigenvalue weighted by Gasteiger charge is 2.50. The van der Waals surface area contributed by atoms with Gasteiger partial charge in [0.1, 0.15) is 0 Å². The largest absolute Gasteiger partial charge is 0.261 e. The molecular weight excluding hydrogens is 330 g/mol. The molecule has 2 saturated carbocycles. The van der Waals surface area contributed by atoms with Gasteiger partial charge in [-0.25, -0.2) is 0 Å².